The van der Waals surface area contributed by atoms with Crippen LogP contribution in [0.1, 0.15) is 39.6 Å². The number of carbonyl (C=O) groups excluding carboxylic acids is 1. The summed E-state index contributed by atoms with van der Waals surface area (Å²) in [5, 5.41) is 4.63. The van der Waals surface area contributed by atoms with E-state index >= 15 is 0 Å². The maximum Gasteiger partial charge on any atom is 0.166 e. The lowest BCUT2D eigenvalue weighted by Gasteiger charge is -2.23. The Balaban J connectivity index is 1.65. The highest BCUT2D eigenvalue weighted by atomic mass is 19.1. The number of rotatable bonds is 6. The number of carbonyl (C=O) groups is 1. The van der Waals surface area contributed by atoms with E-state index in [9.17, 15) is 13.6 Å². The van der Waals surface area contributed by atoms with Gasteiger partial charge < -0.3 is 14.2 Å². The Hall–Kier alpha value is -3.85. The van der Waals surface area contributed by atoms with Crippen LogP contribution in [0.25, 0.3) is 16.8 Å². The van der Waals surface area contributed by atoms with Gasteiger partial charge in [-0.1, -0.05) is 6.07 Å². The molecule has 9 heteroatoms. The maximum atomic E-state index is 13.8. The van der Waals surface area contributed by atoms with Gasteiger partial charge in [0.05, 0.1) is 43.3 Å². The molecule has 0 saturated carbocycles. The van der Waals surface area contributed by atoms with Crippen molar-refractivity contribution in [3.63, 3.8) is 0 Å². The zero-order chi connectivity index (χ0) is 24.7. The molecule has 4 aromatic rings. The van der Waals surface area contributed by atoms with Crippen molar-refractivity contribution in [2.75, 3.05) is 21.3 Å². The number of ketones is 1. The quantitative estimate of drug-likeness (QED) is 0.397. The van der Waals surface area contributed by atoms with Gasteiger partial charge in [-0.15, -0.1) is 0 Å². The molecule has 0 amide bonds. The monoisotopic (exact) mass is 479 g/mol. The largest absolute Gasteiger partial charge is 0.493 e. The van der Waals surface area contributed by atoms with E-state index in [1.54, 1.807) is 38.1 Å². The fourth-order valence-electron chi connectivity index (χ4n) is 4.65. The summed E-state index contributed by atoms with van der Waals surface area (Å²) < 4.78 is 45.4. The topological polar surface area (TPSA) is 75.0 Å². The number of hydrogen-bond donors (Lipinski definition) is 0. The molecule has 0 saturated heterocycles. The fraction of sp³-hybridized carbons (Fsp3) is 0.269. The predicted molar refractivity (Wildman–Crippen MR) is 124 cm³/mol. The summed E-state index contributed by atoms with van der Waals surface area (Å²) in [6.07, 6.45) is 2.18. The molecule has 1 unspecified atom stereocenters. The zero-order valence-corrected chi connectivity index (χ0v) is 19.5. The van der Waals surface area contributed by atoms with Gasteiger partial charge in [-0.25, -0.2) is 18.3 Å². The van der Waals surface area contributed by atoms with Crippen molar-refractivity contribution in [1.82, 2.24) is 14.6 Å². The predicted octanol–water partition coefficient (Wildman–Crippen LogP) is 4.75. The van der Waals surface area contributed by atoms with Crippen molar-refractivity contribution >= 4 is 11.4 Å². The van der Waals surface area contributed by atoms with Gasteiger partial charge in [-0.05, 0) is 47.7 Å². The third-order valence-electron chi connectivity index (χ3n) is 6.24. The molecule has 0 spiro atoms. The highest BCUT2D eigenvalue weighted by Crippen LogP contribution is 2.38. The normalized spacial score (nSPS) is 15.3. The lowest BCUT2D eigenvalue weighted by molar-refractivity contribution is 0.0962. The summed E-state index contributed by atoms with van der Waals surface area (Å²) in [5.74, 6) is -0.723. The number of halogens is 2. The zero-order valence-electron chi connectivity index (χ0n) is 19.5. The third kappa shape index (κ3) is 4.12. The molecule has 0 N–H and O–H groups in total. The first-order chi connectivity index (χ1) is 16.9. The van der Waals surface area contributed by atoms with Crippen LogP contribution in [0.3, 0.4) is 0 Å². The molecule has 0 aliphatic heterocycles. The van der Waals surface area contributed by atoms with Gasteiger partial charge in [0, 0.05) is 25.8 Å². The highest BCUT2D eigenvalue weighted by Gasteiger charge is 2.30. The molecule has 2 aromatic heterocycles. The molecule has 0 fully saturated rings. The smallest absolute Gasteiger partial charge is 0.166 e. The van der Waals surface area contributed by atoms with Crippen molar-refractivity contribution < 1.29 is 27.8 Å². The maximum absolute atomic E-state index is 13.8. The Morgan fingerprint density at radius 2 is 1.74 bits per heavy atom. The van der Waals surface area contributed by atoms with Crippen molar-refractivity contribution in [3.8, 4) is 22.6 Å². The summed E-state index contributed by atoms with van der Waals surface area (Å²) in [6, 6.07) is 8.87. The molecule has 2 heterocycles. The number of benzene rings is 2. The molecule has 0 bridgehead atoms. The van der Waals surface area contributed by atoms with Crippen molar-refractivity contribution in [1.29, 1.82) is 0 Å². The van der Waals surface area contributed by atoms with Gasteiger partial charge in [-0.2, -0.15) is 5.10 Å². The molecule has 1 atom stereocenters. The van der Waals surface area contributed by atoms with Gasteiger partial charge in [0.15, 0.2) is 22.9 Å². The number of fused-ring (bicyclic) bond motifs is 2. The molecule has 5 rings (SSSR count). The summed E-state index contributed by atoms with van der Waals surface area (Å²) in [5.41, 5.74) is 4.18. The van der Waals surface area contributed by atoms with Crippen LogP contribution < -0.4 is 9.47 Å². The Morgan fingerprint density at radius 3 is 2.43 bits per heavy atom. The van der Waals surface area contributed by atoms with Crippen molar-refractivity contribution in [2.45, 2.75) is 25.4 Å². The second-order valence-corrected chi connectivity index (χ2v) is 8.43. The number of hydrogen-bond acceptors (Lipinski definition) is 6. The first-order valence-corrected chi connectivity index (χ1v) is 11.0. The Morgan fingerprint density at radius 1 is 1.00 bits per heavy atom. The van der Waals surface area contributed by atoms with E-state index in [2.05, 4.69) is 5.10 Å². The van der Waals surface area contributed by atoms with Crippen LogP contribution in [0.15, 0.2) is 42.6 Å². The molecular weight excluding hydrogens is 456 g/mol. The van der Waals surface area contributed by atoms with E-state index in [4.69, 9.17) is 19.2 Å². The summed E-state index contributed by atoms with van der Waals surface area (Å²) in [7, 11) is 4.70. The minimum Gasteiger partial charge on any atom is -0.493 e. The van der Waals surface area contributed by atoms with Crippen LogP contribution in [0.4, 0.5) is 8.78 Å². The molecule has 7 nitrogen and oxygen atoms in total. The van der Waals surface area contributed by atoms with Crippen LogP contribution in [-0.2, 0) is 17.8 Å². The molecule has 35 heavy (non-hydrogen) atoms. The van der Waals surface area contributed by atoms with E-state index in [0.717, 1.165) is 17.2 Å². The van der Waals surface area contributed by atoms with Gasteiger partial charge in [0.25, 0.3) is 0 Å². The lowest BCUT2D eigenvalue weighted by Crippen LogP contribution is -2.21. The number of ether oxygens (including phenoxy) is 3. The number of Topliss-reactive ketones (excluding diaryl/α,β-unsaturated/α-hetero) is 1. The Kier molecular flexibility index (Phi) is 5.94. The first-order valence-electron chi connectivity index (χ1n) is 11.0. The summed E-state index contributed by atoms with van der Waals surface area (Å²) in [4.78, 5) is 17.8. The van der Waals surface area contributed by atoms with Crippen LogP contribution in [0, 0.1) is 11.6 Å². The van der Waals surface area contributed by atoms with Crippen molar-refractivity contribution in [3.05, 3.63) is 76.7 Å². The molecule has 1 aliphatic rings. The average Bonchev–Trinajstić information content (AvgIpc) is 3.18. The molecule has 0 radical (unpaired) electrons. The fourth-order valence-corrected chi connectivity index (χ4v) is 4.65. The lowest BCUT2D eigenvalue weighted by atomic mass is 9.82. The Bertz CT molecular complexity index is 1430. The molecule has 2 aromatic carbocycles. The first kappa shape index (κ1) is 22.9. The van der Waals surface area contributed by atoms with Gasteiger partial charge in [0.1, 0.15) is 11.6 Å². The second kappa shape index (κ2) is 9.07. The summed E-state index contributed by atoms with van der Waals surface area (Å²) >= 11 is 0. The van der Waals surface area contributed by atoms with Gasteiger partial charge in [0.2, 0.25) is 0 Å². The summed E-state index contributed by atoms with van der Waals surface area (Å²) in [6.45, 7) is 0.233. The molecule has 180 valence electrons. The third-order valence-corrected chi connectivity index (χ3v) is 6.24. The van der Waals surface area contributed by atoms with E-state index < -0.39 is 11.6 Å². The van der Waals surface area contributed by atoms with E-state index in [1.807, 2.05) is 12.1 Å². The van der Waals surface area contributed by atoms with Gasteiger partial charge >= 0.3 is 0 Å². The number of methoxy groups -OCH3 is 3. The second-order valence-electron chi connectivity index (χ2n) is 8.43. The molecular formula is C26H23F2N3O4. The van der Waals surface area contributed by atoms with Crippen LogP contribution in [-0.4, -0.2) is 41.7 Å². The minimum atomic E-state index is -0.669. The van der Waals surface area contributed by atoms with Crippen molar-refractivity contribution in [2.24, 2.45) is 0 Å². The standard InChI is InChI=1S/C26H23F2N3O4/c1-33-13-21-25(14-4-5-23(34-2)24(10-14)35-3)26-29-20-8-16(15-6-17(27)11-18(28)7-15)9-22(32)19(20)12-31(26)30-21/h4-7,10-12,16H,8-9,13H2,1-3H3. The van der Waals surface area contributed by atoms with Crippen LogP contribution >= 0.6 is 0 Å². The van der Waals surface area contributed by atoms with Crippen LogP contribution in [0.2, 0.25) is 0 Å². The average molecular weight is 479 g/mol. The van der Waals surface area contributed by atoms with E-state index in [1.165, 1.54) is 12.1 Å². The van der Waals surface area contributed by atoms with Gasteiger partial charge in [-0.3, -0.25) is 4.79 Å². The number of nitrogens with zero attached hydrogens (tertiary/aromatic N) is 3. The number of aromatic nitrogens is 3. The SMILES string of the molecule is COCc1nn2cc3c(nc2c1-c1ccc(OC)c(OC)c1)CC(c1cc(F)cc(F)c1)CC3=O. The highest BCUT2D eigenvalue weighted by molar-refractivity contribution is 5.99. The molecule has 1 aliphatic carbocycles. The Labute approximate surface area is 200 Å². The van der Waals surface area contributed by atoms with E-state index in [0.29, 0.717) is 46.1 Å². The minimum absolute atomic E-state index is 0.137. The van der Waals surface area contributed by atoms with Crippen LogP contribution in [0.5, 0.6) is 11.5 Å². The van der Waals surface area contributed by atoms with E-state index in [-0.39, 0.29) is 24.7 Å².